The molecule has 1 atom stereocenters. The summed E-state index contributed by atoms with van der Waals surface area (Å²) in [6, 6.07) is 4.35. The van der Waals surface area contributed by atoms with Crippen molar-refractivity contribution >= 4 is 23.7 Å². The van der Waals surface area contributed by atoms with E-state index in [1.807, 2.05) is 6.07 Å². The largest absolute Gasteiger partial charge is 0.444 e. The van der Waals surface area contributed by atoms with E-state index < -0.39 is 35.3 Å². The van der Waals surface area contributed by atoms with Crippen molar-refractivity contribution in [2.45, 2.75) is 58.8 Å². The van der Waals surface area contributed by atoms with Gasteiger partial charge in [-0.3, -0.25) is 9.69 Å². The maximum Gasteiger partial charge on any atom is 0.417 e. The molecular formula is C21H28N4O5. The normalized spacial score (nSPS) is 17.9. The summed E-state index contributed by atoms with van der Waals surface area (Å²) in [7, 11) is 0. The number of carbonyl (C=O) groups excluding carboxylic acids is 3. The third-order valence-electron chi connectivity index (χ3n) is 4.34. The lowest BCUT2D eigenvalue weighted by atomic mass is 10.1. The number of rotatable bonds is 1. The highest BCUT2D eigenvalue weighted by Crippen LogP contribution is 2.30. The Morgan fingerprint density at radius 3 is 2.27 bits per heavy atom. The van der Waals surface area contributed by atoms with Crippen LogP contribution in [0.5, 0.6) is 0 Å². The molecule has 1 saturated heterocycles. The Balaban J connectivity index is 2.00. The lowest BCUT2D eigenvalue weighted by Crippen LogP contribution is -2.57. The van der Waals surface area contributed by atoms with Crippen molar-refractivity contribution in [2.24, 2.45) is 0 Å². The Morgan fingerprint density at radius 1 is 1.00 bits per heavy atom. The number of aromatic nitrogens is 2. The number of ether oxygens (including phenoxy) is 2. The first kappa shape index (κ1) is 21.6. The molecule has 3 rings (SSSR count). The predicted molar refractivity (Wildman–Crippen MR) is 109 cm³/mol. The molecule has 3 amide bonds. The van der Waals surface area contributed by atoms with E-state index in [0.717, 1.165) is 4.90 Å². The second kappa shape index (κ2) is 7.62. The summed E-state index contributed by atoms with van der Waals surface area (Å²) in [6.45, 7) is 10.6. The number of hydrogen-bond acceptors (Lipinski definition) is 6. The Bertz CT molecular complexity index is 970. The molecule has 1 aliphatic rings. The first-order valence-corrected chi connectivity index (χ1v) is 9.83. The fraction of sp³-hybridized carbons (Fsp3) is 0.524. The van der Waals surface area contributed by atoms with Crippen LogP contribution in [0.1, 0.15) is 53.3 Å². The lowest BCUT2D eigenvalue weighted by molar-refractivity contribution is -0.140. The average molecular weight is 416 g/mol. The number of carbonyl (C=O) groups is 3. The summed E-state index contributed by atoms with van der Waals surface area (Å²) in [5.41, 5.74) is -0.390. The van der Waals surface area contributed by atoms with Gasteiger partial charge in [-0.2, -0.15) is 0 Å². The predicted octanol–water partition coefficient (Wildman–Crippen LogP) is 3.39. The summed E-state index contributed by atoms with van der Waals surface area (Å²) in [5.74, 6) is -0.563. The SMILES string of the molecule is CC(C)(C)OC(=O)N1CCN(C(=O)OC(C)(C)C)C(c2cnc3ccccn23)C1=O. The van der Waals surface area contributed by atoms with E-state index in [-0.39, 0.29) is 13.1 Å². The van der Waals surface area contributed by atoms with Crippen molar-refractivity contribution < 1.29 is 23.9 Å². The van der Waals surface area contributed by atoms with Gasteiger partial charge in [0.05, 0.1) is 11.9 Å². The maximum absolute atomic E-state index is 13.4. The summed E-state index contributed by atoms with van der Waals surface area (Å²) >= 11 is 0. The van der Waals surface area contributed by atoms with Gasteiger partial charge in [-0.15, -0.1) is 0 Å². The molecule has 2 aromatic heterocycles. The molecule has 162 valence electrons. The zero-order valence-corrected chi connectivity index (χ0v) is 18.2. The van der Waals surface area contributed by atoms with Gasteiger partial charge >= 0.3 is 12.2 Å². The van der Waals surface area contributed by atoms with Crippen molar-refractivity contribution in [2.75, 3.05) is 13.1 Å². The minimum Gasteiger partial charge on any atom is -0.444 e. The van der Waals surface area contributed by atoms with Gasteiger partial charge in [0.15, 0.2) is 6.04 Å². The molecule has 2 aromatic rings. The molecule has 0 aromatic carbocycles. The first-order valence-electron chi connectivity index (χ1n) is 9.83. The Hall–Kier alpha value is -3.10. The van der Waals surface area contributed by atoms with E-state index in [4.69, 9.17) is 9.47 Å². The van der Waals surface area contributed by atoms with Crippen LogP contribution in [0.3, 0.4) is 0 Å². The number of piperazine rings is 1. The third-order valence-corrected chi connectivity index (χ3v) is 4.34. The molecule has 0 radical (unpaired) electrons. The number of imide groups is 1. The van der Waals surface area contributed by atoms with Crippen LogP contribution in [0.25, 0.3) is 5.65 Å². The minimum atomic E-state index is -1.07. The summed E-state index contributed by atoms with van der Waals surface area (Å²) < 4.78 is 12.6. The fourth-order valence-electron chi connectivity index (χ4n) is 3.18. The number of imidazole rings is 1. The molecule has 0 spiro atoms. The summed E-state index contributed by atoms with van der Waals surface area (Å²) in [6.07, 6.45) is 1.92. The monoisotopic (exact) mass is 416 g/mol. The van der Waals surface area contributed by atoms with Crippen LogP contribution in [-0.4, -0.2) is 61.6 Å². The molecule has 30 heavy (non-hydrogen) atoms. The van der Waals surface area contributed by atoms with E-state index in [9.17, 15) is 14.4 Å². The van der Waals surface area contributed by atoms with Gasteiger partial charge in [0, 0.05) is 19.3 Å². The van der Waals surface area contributed by atoms with Crippen molar-refractivity contribution in [3.63, 3.8) is 0 Å². The molecule has 0 bridgehead atoms. The Labute approximate surface area is 175 Å². The highest BCUT2D eigenvalue weighted by Gasteiger charge is 2.45. The average Bonchev–Trinajstić information content (AvgIpc) is 3.02. The second-order valence-corrected chi connectivity index (χ2v) is 9.16. The number of pyridine rings is 1. The van der Waals surface area contributed by atoms with E-state index in [0.29, 0.717) is 11.3 Å². The minimum absolute atomic E-state index is 0.0141. The third kappa shape index (κ3) is 4.55. The van der Waals surface area contributed by atoms with Crippen LogP contribution < -0.4 is 0 Å². The smallest absolute Gasteiger partial charge is 0.417 e. The second-order valence-electron chi connectivity index (χ2n) is 9.16. The van der Waals surface area contributed by atoms with E-state index in [2.05, 4.69) is 4.98 Å². The number of nitrogens with zero attached hydrogens (tertiary/aromatic N) is 4. The highest BCUT2D eigenvalue weighted by molar-refractivity contribution is 5.98. The van der Waals surface area contributed by atoms with E-state index in [1.165, 1.54) is 11.1 Å². The Kier molecular flexibility index (Phi) is 5.49. The quantitative estimate of drug-likeness (QED) is 0.707. The molecule has 9 nitrogen and oxygen atoms in total. The topological polar surface area (TPSA) is 93.4 Å². The number of amides is 3. The maximum atomic E-state index is 13.4. The van der Waals surface area contributed by atoms with Gasteiger partial charge < -0.3 is 13.9 Å². The summed E-state index contributed by atoms with van der Waals surface area (Å²) in [5, 5.41) is 0. The van der Waals surface area contributed by atoms with Crippen LogP contribution >= 0.6 is 0 Å². The van der Waals surface area contributed by atoms with Gasteiger partial charge in [0.25, 0.3) is 5.91 Å². The molecule has 1 aliphatic heterocycles. The molecule has 0 N–H and O–H groups in total. The van der Waals surface area contributed by atoms with Crippen LogP contribution in [0, 0.1) is 0 Å². The molecule has 9 heteroatoms. The van der Waals surface area contributed by atoms with Crippen molar-refractivity contribution in [3.05, 3.63) is 36.3 Å². The zero-order valence-electron chi connectivity index (χ0n) is 18.2. The van der Waals surface area contributed by atoms with E-state index >= 15 is 0 Å². The van der Waals surface area contributed by atoms with Crippen LogP contribution in [-0.2, 0) is 14.3 Å². The van der Waals surface area contributed by atoms with Crippen molar-refractivity contribution in [1.29, 1.82) is 0 Å². The highest BCUT2D eigenvalue weighted by atomic mass is 16.6. The molecule has 0 saturated carbocycles. The molecule has 3 heterocycles. The number of hydrogen-bond donors (Lipinski definition) is 0. The fourth-order valence-corrected chi connectivity index (χ4v) is 3.18. The Morgan fingerprint density at radius 2 is 1.63 bits per heavy atom. The molecule has 0 aliphatic carbocycles. The number of fused-ring (bicyclic) bond motifs is 1. The lowest BCUT2D eigenvalue weighted by Gasteiger charge is -2.40. The molecular weight excluding hydrogens is 388 g/mol. The van der Waals surface area contributed by atoms with Gasteiger partial charge in [0.1, 0.15) is 16.8 Å². The van der Waals surface area contributed by atoms with Gasteiger partial charge in [-0.05, 0) is 53.7 Å². The zero-order chi connectivity index (χ0) is 22.3. The molecule has 1 fully saturated rings. The van der Waals surface area contributed by atoms with Crippen LogP contribution in [0.2, 0.25) is 0 Å². The van der Waals surface area contributed by atoms with Crippen LogP contribution in [0.15, 0.2) is 30.6 Å². The molecule has 1 unspecified atom stereocenters. The van der Waals surface area contributed by atoms with Crippen LogP contribution in [0.4, 0.5) is 9.59 Å². The van der Waals surface area contributed by atoms with Gasteiger partial charge in [0.2, 0.25) is 0 Å². The van der Waals surface area contributed by atoms with Crippen molar-refractivity contribution in [3.8, 4) is 0 Å². The first-order chi connectivity index (χ1) is 13.9. The van der Waals surface area contributed by atoms with Crippen molar-refractivity contribution in [1.82, 2.24) is 19.2 Å². The van der Waals surface area contributed by atoms with Gasteiger partial charge in [-0.25, -0.2) is 19.5 Å². The van der Waals surface area contributed by atoms with E-state index in [1.54, 1.807) is 64.3 Å². The van der Waals surface area contributed by atoms with Gasteiger partial charge in [-0.1, -0.05) is 6.07 Å². The summed E-state index contributed by atoms with van der Waals surface area (Å²) in [4.78, 5) is 45.6. The standard InChI is InChI=1S/C21H28N4O5/c1-20(2,3)29-18(27)24-11-12-25(19(28)30-21(4,5)6)17(26)16(24)14-13-22-15-9-7-8-10-23(14)15/h7-10,13,16H,11-12H2,1-6H3.